The van der Waals surface area contributed by atoms with E-state index >= 15 is 0 Å². The molecule has 1 rings (SSSR count). The molecule has 86 valence electrons. The fourth-order valence-corrected chi connectivity index (χ4v) is 1.19. The van der Waals surface area contributed by atoms with Gasteiger partial charge in [-0.3, -0.25) is 0 Å². The molecule has 0 saturated heterocycles. The number of hydrogen-bond acceptors (Lipinski definition) is 5. The summed E-state index contributed by atoms with van der Waals surface area (Å²) in [6.45, 7) is -1.14. The summed E-state index contributed by atoms with van der Waals surface area (Å²) in [4.78, 5) is 8.94. The quantitative estimate of drug-likeness (QED) is 0.512. The van der Waals surface area contributed by atoms with E-state index in [2.05, 4.69) is 0 Å². The van der Waals surface area contributed by atoms with Gasteiger partial charge in [-0.05, 0) is 12.8 Å². The van der Waals surface area contributed by atoms with Crippen molar-refractivity contribution in [2.24, 2.45) is 11.5 Å². The molecule has 0 unspecified atom stereocenters. The summed E-state index contributed by atoms with van der Waals surface area (Å²) in [5, 5.41) is 17.9. The molecule has 0 radical (unpaired) electrons. The Hall–Kier alpha value is 0.0383. The van der Waals surface area contributed by atoms with Crippen LogP contribution in [-0.4, -0.2) is 24.7 Å². The van der Waals surface area contributed by atoms with Gasteiger partial charge in [0.1, 0.15) is 0 Å². The Morgan fingerprint density at radius 1 is 1.21 bits per heavy atom. The van der Waals surface area contributed by atoms with E-state index in [1.54, 1.807) is 0 Å². The Morgan fingerprint density at radius 3 is 1.64 bits per heavy atom. The van der Waals surface area contributed by atoms with Crippen molar-refractivity contribution in [2.75, 3.05) is 6.61 Å². The Labute approximate surface area is 98.1 Å². The van der Waals surface area contributed by atoms with Crippen LogP contribution in [0.2, 0.25) is 0 Å². The van der Waals surface area contributed by atoms with Crippen LogP contribution >= 0.6 is 0 Å². The number of rotatable bonds is 1. The molecule has 2 atom stereocenters. The summed E-state index contributed by atoms with van der Waals surface area (Å²) in [6.07, 6.45) is 4.80. The van der Waals surface area contributed by atoms with E-state index in [1.165, 1.54) is 12.8 Å². The van der Waals surface area contributed by atoms with Gasteiger partial charge >= 0.3 is 21.1 Å². The smallest absolute Gasteiger partial charge is 0.850 e. The minimum Gasteiger partial charge on any atom is -0.850 e. The molecule has 0 aromatic heterocycles. The van der Waals surface area contributed by atoms with E-state index in [1.807, 2.05) is 0 Å². The topological polar surface area (TPSA) is 115 Å². The summed E-state index contributed by atoms with van der Waals surface area (Å²) < 4.78 is 0. The molecule has 5 nitrogen and oxygen atoms in total. The first-order valence-electron chi connectivity index (χ1n) is 4.37. The van der Waals surface area contributed by atoms with Gasteiger partial charge in [0, 0.05) is 18.1 Å². The fourth-order valence-electron chi connectivity index (χ4n) is 1.19. The van der Waals surface area contributed by atoms with Gasteiger partial charge < -0.3 is 26.5 Å². The minimum absolute atomic E-state index is 0. The zero-order chi connectivity index (χ0) is 10.3. The van der Waals surface area contributed by atoms with Crippen molar-refractivity contribution in [1.82, 2.24) is 0 Å². The molecule has 0 aliphatic heterocycles. The molecule has 0 heterocycles. The molecule has 0 spiro atoms. The molecule has 14 heavy (non-hydrogen) atoms. The summed E-state index contributed by atoms with van der Waals surface area (Å²) >= 11 is 0. The Kier molecular flexibility index (Phi) is 11.3. The first-order valence-corrected chi connectivity index (χ1v) is 4.37. The van der Waals surface area contributed by atoms with Gasteiger partial charge in [-0.15, -0.1) is 0 Å². The third-order valence-electron chi connectivity index (χ3n) is 1.99. The SMILES string of the molecule is N[C@@H]1CCCC[C@H]1N.O=C([O-])C[O-].[Pt+2]. The molecular formula is C8H16N2O3Pt. The van der Waals surface area contributed by atoms with Crippen LogP contribution in [0.1, 0.15) is 25.7 Å². The van der Waals surface area contributed by atoms with Gasteiger partial charge in [0.25, 0.3) is 0 Å². The first kappa shape index (κ1) is 16.5. The number of nitrogens with two attached hydrogens (primary N) is 2. The number of aliphatic carboxylic acids is 1. The van der Waals surface area contributed by atoms with E-state index in [9.17, 15) is 0 Å². The molecule has 0 aromatic carbocycles. The Morgan fingerprint density at radius 2 is 1.50 bits per heavy atom. The van der Waals surface area contributed by atoms with E-state index in [0.29, 0.717) is 0 Å². The number of carboxylic acid groups (broad SMARTS) is 1. The summed E-state index contributed by atoms with van der Waals surface area (Å²) in [5.41, 5.74) is 11.3. The van der Waals surface area contributed by atoms with Crippen LogP contribution in [-0.2, 0) is 25.9 Å². The van der Waals surface area contributed by atoms with E-state index in [4.69, 9.17) is 26.5 Å². The molecule has 4 N–H and O–H groups in total. The number of carboxylic acids is 1. The molecule has 0 bridgehead atoms. The molecule has 1 fully saturated rings. The summed E-state index contributed by atoms with van der Waals surface area (Å²) in [6, 6.07) is 0.562. The van der Waals surface area contributed by atoms with Crippen molar-refractivity contribution < 1.29 is 36.1 Å². The van der Waals surface area contributed by atoms with Crippen LogP contribution in [0, 0.1) is 0 Å². The van der Waals surface area contributed by atoms with E-state index in [0.717, 1.165) is 12.8 Å². The van der Waals surface area contributed by atoms with Gasteiger partial charge in [0.15, 0.2) is 0 Å². The number of carbonyl (C=O) groups is 1. The normalized spacial score (nSPS) is 25.4. The summed E-state index contributed by atoms with van der Waals surface area (Å²) in [5.74, 6) is -1.55. The standard InChI is InChI=1S/C6H14N2.C2H3O3.Pt/c7-5-3-1-2-4-6(5)8;3-1-2(4)5;/h5-6H,1-4,7-8H2;1H2,(H,4,5);/q;-1;+2/p-1/t5-,6-;;/m1../s1. The van der Waals surface area contributed by atoms with Gasteiger partial charge in [-0.2, -0.15) is 0 Å². The maximum atomic E-state index is 8.97. The maximum Gasteiger partial charge on any atom is 2.00 e. The van der Waals surface area contributed by atoms with Crippen molar-refractivity contribution in [3.8, 4) is 0 Å². The monoisotopic (exact) mass is 383 g/mol. The molecule has 1 saturated carbocycles. The largest absolute Gasteiger partial charge is 2.00 e. The Balaban J connectivity index is 0. The molecule has 1 aliphatic carbocycles. The van der Waals surface area contributed by atoms with Crippen LogP contribution in [0.15, 0.2) is 0 Å². The average Bonchev–Trinajstić information content (AvgIpc) is 2.11. The zero-order valence-electron chi connectivity index (χ0n) is 7.89. The van der Waals surface area contributed by atoms with Crippen LogP contribution in [0.5, 0.6) is 0 Å². The number of carbonyl (C=O) groups excluding carboxylic acids is 1. The van der Waals surface area contributed by atoms with Crippen molar-refractivity contribution in [3.63, 3.8) is 0 Å². The predicted molar refractivity (Wildman–Crippen MR) is 44.3 cm³/mol. The fraction of sp³-hybridized carbons (Fsp3) is 0.875. The second kappa shape index (κ2) is 9.59. The first-order chi connectivity index (χ1) is 6.07. The van der Waals surface area contributed by atoms with Crippen LogP contribution < -0.4 is 21.7 Å². The average molecular weight is 383 g/mol. The van der Waals surface area contributed by atoms with Gasteiger partial charge in [-0.25, -0.2) is 0 Å². The molecule has 6 heteroatoms. The second-order valence-electron chi connectivity index (χ2n) is 3.13. The van der Waals surface area contributed by atoms with Crippen molar-refractivity contribution >= 4 is 5.97 Å². The van der Waals surface area contributed by atoms with Crippen molar-refractivity contribution in [2.45, 2.75) is 37.8 Å². The van der Waals surface area contributed by atoms with Gasteiger partial charge in [0.2, 0.25) is 0 Å². The zero-order valence-corrected chi connectivity index (χ0v) is 10.2. The summed E-state index contributed by atoms with van der Waals surface area (Å²) in [7, 11) is 0. The Bertz CT molecular complexity index is 148. The third-order valence-corrected chi connectivity index (χ3v) is 1.99. The molecule has 1 aliphatic rings. The van der Waals surface area contributed by atoms with Gasteiger partial charge in [0.05, 0.1) is 0 Å². The van der Waals surface area contributed by atoms with Crippen LogP contribution in [0.25, 0.3) is 0 Å². The minimum atomic E-state index is -1.55. The second-order valence-corrected chi connectivity index (χ2v) is 3.13. The molecule has 0 amide bonds. The van der Waals surface area contributed by atoms with Crippen molar-refractivity contribution in [3.05, 3.63) is 0 Å². The molecule has 0 aromatic rings. The van der Waals surface area contributed by atoms with E-state index in [-0.39, 0.29) is 33.1 Å². The van der Waals surface area contributed by atoms with E-state index < -0.39 is 12.6 Å². The maximum absolute atomic E-state index is 8.97. The number of hydrogen-bond donors (Lipinski definition) is 2. The van der Waals surface area contributed by atoms with Gasteiger partial charge in [-0.1, -0.05) is 19.4 Å². The van der Waals surface area contributed by atoms with Crippen LogP contribution in [0.4, 0.5) is 0 Å². The van der Waals surface area contributed by atoms with Crippen LogP contribution in [0.3, 0.4) is 0 Å². The predicted octanol–water partition coefficient (Wildman–Crippen LogP) is -2.69. The molecular weight excluding hydrogens is 367 g/mol. The van der Waals surface area contributed by atoms with Crippen molar-refractivity contribution in [1.29, 1.82) is 0 Å². The third kappa shape index (κ3) is 8.63.